The zero-order valence-corrected chi connectivity index (χ0v) is 14.8. The molecular weight excluding hydrogens is 298 g/mol. The Morgan fingerprint density at radius 2 is 2.00 bits per heavy atom. The number of carbonyl (C=O) groups is 1. The number of hydrogen-bond donors (Lipinski definition) is 2. The van der Waals surface area contributed by atoms with Crippen molar-refractivity contribution in [1.29, 1.82) is 0 Å². The highest BCUT2D eigenvalue weighted by Crippen LogP contribution is 2.46. The summed E-state index contributed by atoms with van der Waals surface area (Å²) in [7, 11) is 0. The summed E-state index contributed by atoms with van der Waals surface area (Å²) < 4.78 is 0. The number of benzene rings is 1. The van der Waals surface area contributed by atoms with Gasteiger partial charge in [0.05, 0.1) is 5.54 Å². The summed E-state index contributed by atoms with van der Waals surface area (Å²) in [5.41, 5.74) is 2.47. The normalized spacial score (nSPS) is 30.2. The van der Waals surface area contributed by atoms with E-state index in [9.17, 15) is 4.79 Å². The van der Waals surface area contributed by atoms with E-state index in [-0.39, 0.29) is 11.6 Å². The van der Waals surface area contributed by atoms with Crippen LogP contribution in [0.4, 0.5) is 4.79 Å². The Balaban J connectivity index is 1.41. The molecular formula is C20H29N3O. The molecule has 4 aliphatic rings. The number of amides is 2. The number of urea groups is 1. The van der Waals surface area contributed by atoms with Crippen LogP contribution in [-0.4, -0.2) is 36.6 Å². The van der Waals surface area contributed by atoms with Gasteiger partial charge in [-0.1, -0.05) is 38.1 Å². The van der Waals surface area contributed by atoms with Gasteiger partial charge in [0, 0.05) is 12.6 Å². The fourth-order valence-electron chi connectivity index (χ4n) is 4.36. The molecule has 2 N–H and O–H groups in total. The third kappa shape index (κ3) is 3.04. The maximum Gasteiger partial charge on any atom is 0.315 e. The molecule has 5 rings (SSSR count). The van der Waals surface area contributed by atoms with Crippen molar-refractivity contribution in [2.24, 2.45) is 5.92 Å². The lowest BCUT2D eigenvalue weighted by atomic mass is 9.84. The van der Waals surface area contributed by atoms with Crippen molar-refractivity contribution in [3.63, 3.8) is 0 Å². The summed E-state index contributed by atoms with van der Waals surface area (Å²) in [5.74, 6) is 1.18. The summed E-state index contributed by atoms with van der Waals surface area (Å²) in [6.07, 6.45) is 4.55. The maximum atomic E-state index is 12.6. The fourth-order valence-corrected chi connectivity index (χ4v) is 4.36. The monoisotopic (exact) mass is 327 g/mol. The molecule has 3 saturated heterocycles. The van der Waals surface area contributed by atoms with Crippen molar-refractivity contribution in [3.05, 3.63) is 35.4 Å². The molecule has 1 aromatic rings. The Kier molecular flexibility index (Phi) is 4.03. The molecule has 130 valence electrons. The average Bonchev–Trinajstić information content (AvgIpc) is 3.36. The lowest BCUT2D eigenvalue weighted by Crippen LogP contribution is -2.59. The molecule has 0 aromatic heterocycles. The van der Waals surface area contributed by atoms with Crippen molar-refractivity contribution in [1.82, 2.24) is 15.5 Å². The molecule has 4 heteroatoms. The fraction of sp³-hybridized carbons (Fsp3) is 0.650. The van der Waals surface area contributed by atoms with Gasteiger partial charge < -0.3 is 15.5 Å². The Hall–Kier alpha value is -1.55. The van der Waals surface area contributed by atoms with Crippen molar-refractivity contribution in [2.75, 3.05) is 19.6 Å². The first-order chi connectivity index (χ1) is 11.6. The molecule has 2 bridgehead atoms. The lowest BCUT2D eigenvalue weighted by molar-refractivity contribution is 0.0763. The topological polar surface area (TPSA) is 44.4 Å². The molecule has 24 heavy (non-hydrogen) atoms. The van der Waals surface area contributed by atoms with Gasteiger partial charge in [0.2, 0.25) is 0 Å². The predicted octanol–water partition coefficient (Wildman–Crippen LogP) is 3.19. The zero-order chi connectivity index (χ0) is 16.7. The minimum absolute atomic E-state index is 0.0150. The van der Waals surface area contributed by atoms with Gasteiger partial charge in [-0.2, -0.15) is 0 Å². The number of rotatable bonds is 4. The van der Waals surface area contributed by atoms with E-state index in [0.29, 0.717) is 17.9 Å². The smallest absolute Gasteiger partial charge is 0.315 e. The maximum absolute atomic E-state index is 12.6. The van der Waals surface area contributed by atoms with Gasteiger partial charge in [-0.3, -0.25) is 0 Å². The summed E-state index contributed by atoms with van der Waals surface area (Å²) in [6.45, 7) is 7.86. The third-order valence-corrected chi connectivity index (χ3v) is 6.18. The first-order valence-electron chi connectivity index (χ1n) is 9.47. The lowest BCUT2D eigenvalue weighted by Gasteiger charge is -2.45. The van der Waals surface area contributed by atoms with Crippen LogP contribution in [0.5, 0.6) is 0 Å². The molecule has 1 atom stereocenters. The van der Waals surface area contributed by atoms with E-state index in [0.717, 1.165) is 19.4 Å². The molecule has 1 aromatic carbocycles. The molecule has 3 aliphatic heterocycles. The number of fused-ring (bicyclic) bond motifs is 3. The SMILES string of the molecule is CC(C)c1cccc(C2(NC(=O)NC3CN4CCC3CC4)CC2)c1. The second-order valence-corrected chi connectivity index (χ2v) is 8.21. The minimum Gasteiger partial charge on any atom is -0.334 e. The highest BCUT2D eigenvalue weighted by atomic mass is 16.2. The van der Waals surface area contributed by atoms with Gasteiger partial charge in [0.15, 0.2) is 0 Å². The minimum atomic E-state index is -0.136. The second-order valence-electron chi connectivity index (χ2n) is 8.21. The average molecular weight is 327 g/mol. The molecule has 2 amide bonds. The quantitative estimate of drug-likeness (QED) is 0.892. The van der Waals surface area contributed by atoms with Crippen LogP contribution < -0.4 is 10.6 Å². The van der Waals surface area contributed by atoms with Crippen LogP contribution >= 0.6 is 0 Å². The van der Waals surface area contributed by atoms with Crippen LogP contribution in [-0.2, 0) is 5.54 Å². The molecule has 0 radical (unpaired) electrons. The molecule has 4 nitrogen and oxygen atoms in total. The molecule has 4 fully saturated rings. The van der Waals surface area contributed by atoms with Crippen LogP contribution in [0.25, 0.3) is 0 Å². The highest BCUT2D eigenvalue weighted by Gasteiger charge is 2.46. The van der Waals surface area contributed by atoms with Crippen molar-refractivity contribution < 1.29 is 4.79 Å². The third-order valence-electron chi connectivity index (χ3n) is 6.18. The number of carbonyl (C=O) groups excluding carboxylic acids is 1. The Labute approximate surface area is 145 Å². The van der Waals surface area contributed by atoms with E-state index in [1.165, 1.54) is 37.1 Å². The summed E-state index contributed by atoms with van der Waals surface area (Å²) in [4.78, 5) is 15.1. The van der Waals surface area contributed by atoms with Gasteiger partial charge in [-0.25, -0.2) is 4.79 Å². The van der Waals surface area contributed by atoms with Crippen LogP contribution in [0.15, 0.2) is 24.3 Å². The highest BCUT2D eigenvalue weighted by molar-refractivity contribution is 5.76. The zero-order valence-electron chi connectivity index (χ0n) is 14.8. The van der Waals surface area contributed by atoms with E-state index in [1.807, 2.05) is 0 Å². The first-order valence-corrected chi connectivity index (χ1v) is 9.47. The van der Waals surface area contributed by atoms with Crippen molar-refractivity contribution >= 4 is 6.03 Å². The number of nitrogens with one attached hydrogen (secondary N) is 2. The van der Waals surface area contributed by atoms with Crippen LogP contribution in [0.1, 0.15) is 56.6 Å². The van der Waals surface area contributed by atoms with Gasteiger partial charge in [0.1, 0.15) is 0 Å². The van der Waals surface area contributed by atoms with E-state index in [1.54, 1.807) is 0 Å². The van der Waals surface area contributed by atoms with Crippen LogP contribution in [0.3, 0.4) is 0 Å². The molecule has 0 spiro atoms. The van der Waals surface area contributed by atoms with E-state index >= 15 is 0 Å². The standard InChI is InChI=1S/C20H29N3O/c1-14(2)16-4-3-5-17(12-16)20(8-9-20)22-19(24)21-18-13-23-10-6-15(18)7-11-23/h3-5,12,14-15,18H,6-11,13H2,1-2H3,(H2,21,22,24). The molecule has 1 saturated carbocycles. The summed E-state index contributed by atoms with van der Waals surface area (Å²) >= 11 is 0. The Morgan fingerprint density at radius 3 is 2.58 bits per heavy atom. The largest absolute Gasteiger partial charge is 0.334 e. The number of piperidine rings is 3. The number of hydrogen-bond acceptors (Lipinski definition) is 2. The van der Waals surface area contributed by atoms with Gasteiger partial charge >= 0.3 is 6.03 Å². The van der Waals surface area contributed by atoms with Crippen LogP contribution in [0.2, 0.25) is 0 Å². The van der Waals surface area contributed by atoms with Gasteiger partial charge in [-0.05, 0) is 61.7 Å². The van der Waals surface area contributed by atoms with Gasteiger partial charge in [0.25, 0.3) is 0 Å². The predicted molar refractivity (Wildman–Crippen MR) is 96.1 cm³/mol. The van der Waals surface area contributed by atoms with Crippen LogP contribution in [0, 0.1) is 5.92 Å². The van der Waals surface area contributed by atoms with E-state index < -0.39 is 0 Å². The molecule has 3 heterocycles. The first kappa shape index (κ1) is 15.9. The molecule has 1 unspecified atom stereocenters. The number of nitrogens with zero attached hydrogens (tertiary/aromatic N) is 1. The Bertz CT molecular complexity index is 615. The molecule has 1 aliphatic carbocycles. The Morgan fingerprint density at radius 1 is 1.25 bits per heavy atom. The second kappa shape index (κ2) is 6.07. The summed E-state index contributed by atoms with van der Waals surface area (Å²) in [5, 5.41) is 6.55. The van der Waals surface area contributed by atoms with E-state index in [4.69, 9.17) is 0 Å². The van der Waals surface area contributed by atoms with Gasteiger partial charge in [-0.15, -0.1) is 0 Å². The van der Waals surface area contributed by atoms with E-state index in [2.05, 4.69) is 53.6 Å². The van der Waals surface area contributed by atoms with Crippen molar-refractivity contribution in [2.45, 2.75) is 57.0 Å². The van der Waals surface area contributed by atoms with Crippen molar-refractivity contribution in [3.8, 4) is 0 Å². The summed E-state index contributed by atoms with van der Waals surface area (Å²) in [6, 6.07) is 9.07.